The van der Waals surface area contributed by atoms with Crippen LogP contribution in [0.5, 0.6) is 5.75 Å². The molecule has 0 saturated carbocycles. The van der Waals surface area contributed by atoms with E-state index in [-0.39, 0.29) is 23.3 Å². The summed E-state index contributed by atoms with van der Waals surface area (Å²) in [6, 6.07) is 4.38. The molecular weight excluding hydrogens is 510 g/mol. The van der Waals surface area contributed by atoms with E-state index >= 15 is 0 Å². The number of rotatable bonds is 21. The first-order valence-electron chi connectivity index (χ1n) is 15.3. The number of benzene rings is 1. The number of cyclic esters (lactones) is 2. The Bertz CT molecular complexity index is 951. The van der Waals surface area contributed by atoms with Crippen LogP contribution in [0.2, 0.25) is 0 Å². The molecule has 8 nitrogen and oxygen atoms in total. The molecule has 1 aromatic carbocycles. The minimum Gasteiger partial charge on any atom is -0.470 e. The third-order valence-electron chi connectivity index (χ3n) is 7.15. The van der Waals surface area contributed by atoms with Crippen molar-refractivity contribution in [3.8, 4) is 5.75 Å². The minimum atomic E-state index is -1.54. The molecule has 40 heavy (non-hydrogen) atoms. The second kappa shape index (κ2) is 16.7. The normalized spacial score (nSPS) is 13.5. The fourth-order valence-corrected chi connectivity index (χ4v) is 5.13. The Kier molecular flexibility index (Phi) is 14.1. The first-order valence-corrected chi connectivity index (χ1v) is 15.3. The Balaban J connectivity index is 1.66. The Labute approximate surface area is 240 Å². The van der Waals surface area contributed by atoms with Crippen LogP contribution in [0.1, 0.15) is 158 Å². The molecule has 0 saturated heterocycles. The van der Waals surface area contributed by atoms with Crippen LogP contribution in [-0.4, -0.2) is 39.5 Å². The number of nitrogens with zero attached hydrogens (tertiary/aromatic N) is 1. The lowest BCUT2D eigenvalue weighted by atomic mass is 10.0. The zero-order chi connectivity index (χ0) is 29.6. The van der Waals surface area contributed by atoms with Crippen LogP contribution < -0.4 is 4.74 Å². The molecule has 2 rings (SSSR count). The van der Waals surface area contributed by atoms with Crippen molar-refractivity contribution >= 4 is 17.9 Å². The fourth-order valence-electron chi connectivity index (χ4n) is 5.13. The van der Waals surface area contributed by atoms with Gasteiger partial charge in [-0.05, 0) is 52.3 Å². The van der Waals surface area contributed by atoms with E-state index in [2.05, 4.69) is 11.7 Å². The Morgan fingerprint density at radius 1 is 0.775 bits per heavy atom. The van der Waals surface area contributed by atoms with Gasteiger partial charge < -0.3 is 19.4 Å². The number of hydrogen-bond donors (Lipinski definition) is 1. The zero-order valence-electron chi connectivity index (χ0n) is 25.4. The number of ether oxygens (including phenoxy) is 2. The maximum absolute atomic E-state index is 12.6. The van der Waals surface area contributed by atoms with E-state index in [0.717, 1.165) is 24.3 Å². The van der Waals surface area contributed by atoms with E-state index in [1.807, 2.05) is 0 Å². The maximum atomic E-state index is 12.6. The van der Waals surface area contributed by atoms with Crippen LogP contribution in [0.25, 0.3) is 0 Å². The van der Waals surface area contributed by atoms with Crippen molar-refractivity contribution in [2.75, 3.05) is 0 Å². The van der Waals surface area contributed by atoms with Crippen LogP contribution in [0.3, 0.4) is 0 Å². The smallest absolute Gasteiger partial charge is 0.347 e. The number of aliphatic hydroxyl groups is 1. The number of carbonyl (C=O) groups is 3. The van der Waals surface area contributed by atoms with Crippen molar-refractivity contribution in [1.82, 2.24) is 5.06 Å². The van der Waals surface area contributed by atoms with E-state index < -0.39 is 29.4 Å². The third-order valence-corrected chi connectivity index (χ3v) is 7.15. The van der Waals surface area contributed by atoms with E-state index in [1.54, 1.807) is 13.8 Å². The van der Waals surface area contributed by atoms with Crippen molar-refractivity contribution in [1.29, 1.82) is 0 Å². The highest BCUT2D eigenvalue weighted by Gasteiger charge is 2.42. The molecule has 0 aliphatic carbocycles. The molecular formula is C32H51NO7. The summed E-state index contributed by atoms with van der Waals surface area (Å²) in [5.74, 6) is -1.62. The van der Waals surface area contributed by atoms with Gasteiger partial charge in [0.25, 0.3) is 0 Å². The van der Waals surface area contributed by atoms with Gasteiger partial charge in [0.1, 0.15) is 11.5 Å². The molecule has 1 aliphatic heterocycles. The van der Waals surface area contributed by atoms with Gasteiger partial charge in [-0.25, -0.2) is 9.59 Å². The average molecular weight is 562 g/mol. The summed E-state index contributed by atoms with van der Waals surface area (Å²) < 4.78 is 10.6. The molecule has 0 atom stereocenters. The first-order chi connectivity index (χ1) is 19.0. The van der Waals surface area contributed by atoms with Crippen molar-refractivity contribution in [2.45, 2.75) is 149 Å². The summed E-state index contributed by atoms with van der Waals surface area (Å²) in [5.41, 5.74) is -2.55. The molecule has 0 amide bonds. The van der Waals surface area contributed by atoms with Crippen LogP contribution in [0.4, 0.5) is 0 Å². The van der Waals surface area contributed by atoms with E-state index in [1.165, 1.54) is 109 Å². The van der Waals surface area contributed by atoms with Gasteiger partial charge >= 0.3 is 17.9 Å². The van der Waals surface area contributed by atoms with Crippen LogP contribution >= 0.6 is 0 Å². The Morgan fingerprint density at radius 3 is 1.75 bits per heavy atom. The number of fused-ring (bicyclic) bond motifs is 1. The highest BCUT2D eigenvalue weighted by atomic mass is 16.8. The zero-order valence-corrected chi connectivity index (χ0v) is 25.4. The minimum absolute atomic E-state index is 0.110. The molecule has 1 aromatic rings. The van der Waals surface area contributed by atoms with Gasteiger partial charge in [-0.1, -0.05) is 102 Å². The van der Waals surface area contributed by atoms with Gasteiger partial charge in [0.15, 0.2) is 5.72 Å². The summed E-state index contributed by atoms with van der Waals surface area (Å²) in [6.07, 6.45) is 19.0. The number of esters is 2. The number of hydrogen-bond acceptors (Lipinski definition) is 8. The van der Waals surface area contributed by atoms with Crippen LogP contribution in [-0.2, 0) is 14.4 Å². The predicted octanol–water partition coefficient (Wildman–Crippen LogP) is 7.86. The van der Waals surface area contributed by atoms with E-state index in [0.29, 0.717) is 0 Å². The van der Waals surface area contributed by atoms with Crippen molar-refractivity contribution in [3.63, 3.8) is 0 Å². The summed E-state index contributed by atoms with van der Waals surface area (Å²) in [5, 5.41) is 11.8. The van der Waals surface area contributed by atoms with Gasteiger partial charge in [-0.15, -0.1) is 0 Å². The van der Waals surface area contributed by atoms with Crippen LogP contribution in [0, 0.1) is 0 Å². The molecule has 226 valence electrons. The monoisotopic (exact) mass is 561 g/mol. The molecule has 1 N–H and O–H groups in total. The van der Waals surface area contributed by atoms with Gasteiger partial charge in [0.2, 0.25) is 0 Å². The highest BCUT2D eigenvalue weighted by molar-refractivity contribution is 6.14. The molecule has 0 unspecified atom stereocenters. The standard InChI is InChI=1S/C32H51NO7/c1-6-7-8-9-10-11-12-13-14-15-16-17-18-19-20-21-28(34)40-33(31(2,3)37)32(4,5)39-25-22-23-26-27(24-25)30(36)38-29(26)35/h22-24,37H,6-21H2,1-5H3. The largest absolute Gasteiger partial charge is 0.470 e. The fraction of sp³-hybridized carbons (Fsp3) is 0.719. The number of unbranched alkanes of at least 4 members (excludes halogenated alkanes) is 14. The van der Waals surface area contributed by atoms with Gasteiger partial charge in [-0.3, -0.25) is 4.79 Å². The van der Waals surface area contributed by atoms with Crippen LogP contribution in [0.15, 0.2) is 18.2 Å². The van der Waals surface area contributed by atoms with Crippen molar-refractivity contribution < 1.29 is 33.8 Å². The first kappa shape index (κ1) is 33.8. The lowest BCUT2D eigenvalue weighted by Gasteiger charge is -2.42. The van der Waals surface area contributed by atoms with E-state index in [4.69, 9.17) is 9.57 Å². The molecule has 0 radical (unpaired) electrons. The van der Waals surface area contributed by atoms with Crippen molar-refractivity contribution in [2.24, 2.45) is 0 Å². The Morgan fingerprint density at radius 2 is 1.25 bits per heavy atom. The molecule has 0 fully saturated rings. The number of hydroxylamine groups is 2. The predicted molar refractivity (Wildman–Crippen MR) is 155 cm³/mol. The second-order valence-electron chi connectivity index (χ2n) is 11.9. The van der Waals surface area contributed by atoms with Gasteiger partial charge in [-0.2, -0.15) is 0 Å². The topological polar surface area (TPSA) is 102 Å². The molecule has 1 aliphatic rings. The quantitative estimate of drug-likeness (QED) is 0.0532. The summed E-state index contributed by atoms with van der Waals surface area (Å²) in [4.78, 5) is 41.8. The number of carbonyl (C=O) groups excluding carboxylic acids is 3. The molecule has 1 heterocycles. The summed E-state index contributed by atoms with van der Waals surface area (Å²) in [7, 11) is 0. The Hall–Kier alpha value is -2.45. The molecule has 0 spiro atoms. The van der Waals surface area contributed by atoms with E-state index in [9.17, 15) is 19.5 Å². The third kappa shape index (κ3) is 11.6. The van der Waals surface area contributed by atoms with Gasteiger partial charge in [0, 0.05) is 6.42 Å². The summed E-state index contributed by atoms with van der Waals surface area (Å²) >= 11 is 0. The second-order valence-corrected chi connectivity index (χ2v) is 11.9. The summed E-state index contributed by atoms with van der Waals surface area (Å²) in [6.45, 7) is 8.53. The molecule has 8 heteroatoms. The average Bonchev–Trinajstić information content (AvgIpc) is 3.16. The highest BCUT2D eigenvalue weighted by Crippen LogP contribution is 2.31. The van der Waals surface area contributed by atoms with Gasteiger partial charge in [0.05, 0.1) is 11.1 Å². The maximum Gasteiger partial charge on any atom is 0.347 e. The lowest BCUT2D eigenvalue weighted by Crippen LogP contribution is -2.58. The lowest BCUT2D eigenvalue weighted by molar-refractivity contribution is -0.339. The molecule has 0 aromatic heterocycles. The SMILES string of the molecule is CCCCCCCCCCCCCCCCCC(=O)ON(C(C)(C)O)C(C)(C)Oc1ccc2c(c1)C(=O)OC2=O. The molecule has 0 bridgehead atoms. The van der Waals surface area contributed by atoms with Crippen molar-refractivity contribution in [3.05, 3.63) is 29.3 Å².